The number of aliphatic hydroxyl groups excluding tert-OH is 1. The SMILES string of the molecule is COC1=C(C)C(=O)c2c(c(C)c3n2CCCC3(O)CO)C1=O. The Morgan fingerprint density at radius 3 is 2.55 bits per heavy atom. The molecule has 0 amide bonds. The molecule has 1 aromatic rings. The predicted octanol–water partition coefficient (Wildman–Crippen LogP) is 1.07. The van der Waals surface area contributed by atoms with Crippen LogP contribution in [0.3, 0.4) is 0 Å². The van der Waals surface area contributed by atoms with E-state index in [1.54, 1.807) is 18.4 Å². The monoisotopic (exact) mass is 305 g/mol. The summed E-state index contributed by atoms with van der Waals surface area (Å²) in [5.74, 6) is -0.548. The highest BCUT2D eigenvalue weighted by atomic mass is 16.5. The van der Waals surface area contributed by atoms with E-state index in [4.69, 9.17) is 4.74 Å². The van der Waals surface area contributed by atoms with Gasteiger partial charge in [-0.15, -0.1) is 0 Å². The summed E-state index contributed by atoms with van der Waals surface area (Å²) in [5, 5.41) is 20.3. The highest BCUT2D eigenvalue weighted by Gasteiger charge is 2.44. The molecule has 1 aromatic heterocycles. The van der Waals surface area contributed by atoms with Crippen molar-refractivity contribution in [2.45, 2.75) is 38.8 Å². The van der Waals surface area contributed by atoms with Crippen LogP contribution in [0.1, 0.15) is 51.9 Å². The van der Waals surface area contributed by atoms with Crippen LogP contribution in [-0.2, 0) is 16.9 Å². The Hall–Kier alpha value is -1.92. The number of carbonyl (C=O) groups excluding carboxylic acids is 2. The van der Waals surface area contributed by atoms with Crippen LogP contribution in [0.25, 0.3) is 0 Å². The van der Waals surface area contributed by atoms with Gasteiger partial charge in [0.05, 0.1) is 25.0 Å². The van der Waals surface area contributed by atoms with Crippen molar-refractivity contribution in [2.24, 2.45) is 0 Å². The topological polar surface area (TPSA) is 88.8 Å². The van der Waals surface area contributed by atoms with Crippen molar-refractivity contribution >= 4 is 11.6 Å². The lowest BCUT2D eigenvalue weighted by atomic mass is 9.87. The number of fused-ring (bicyclic) bond motifs is 3. The van der Waals surface area contributed by atoms with Gasteiger partial charge in [0.1, 0.15) is 11.3 Å². The Balaban J connectivity index is 2.33. The van der Waals surface area contributed by atoms with Crippen LogP contribution in [0.5, 0.6) is 0 Å². The smallest absolute Gasteiger partial charge is 0.230 e. The number of Topliss-reactive ketones (excluding diaryl/α,β-unsaturated/α-hetero) is 2. The Morgan fingerprint density at radius 1 is 1.27 bits per heavy atom. The maximum atomic E-state index is 12.7. The molecule has 6 nitrogen and oxygen atoms in total. The fourth-order valence-electron chi connectivity index (χ4n) is 3.70. The molecule has 2 aliphatic rings. The number of allylic oxidation sites excluding steroid dienone is 2. The van der Waals surface area contributed by atoms with Crippen molar-refractivity contribution < 1.29 is 24.5 Å². The number of carbonyl (C=O) groups is 2. The van der Waals surface area contributed by atoms with Gasteiger partial charge >= 0.3 is 0 Å². The Morgan fingerprint density at radius 2 is 1.95 bits per heavy atom. The Bertz CT molecular complexity index is 727. The lowest BCUT2D eigenvalue weighted by Gasteiger charge is -2.33. The first-order chi connectivity index (χ1) is 10.4. The molecule has 1 unspecified atom stereocenters. The fraction of sp³-hybridized carbons (Fsp3) is 0.500. The lowest BCUT2D eigenvalue weighted by Crippen LogP contribution is -2.38. The van der Waals surface area contributed by atoms with E-state index in [-0.39, 0.29) is 28.5 Å². The molecular weight excluding hydrogens is 286 g/mol. The van der Waals surface area contributed by atoms with Gasteiger partial charge in [-0.2, -0.15) is 0 Å². The average molecular weight is 305 g/mol. The summed E-state index contributed by atoms with van der Waals surface area (Å²) in [6.07, 6.45) is 1.03. The van der Waals surface area contributed by atoms with Gasteiger partial charge in [-0.25, -0.2) is 0 Å². The molecule has 2 N–H and O–H groups in total. The van der Waals surface area contributed by atoms with Crippen LogP contribution in [0.2, 0.25) is 0 Å². The first-order valence-electron chi connectivity index (χ1n) is 7.28. The molecule has 1 aliphatic heterocycles. The molecule has 1 aliphatic carbocycles. The Labute approximate surface area is 128 Å². The first kappa shape index (κ1) is 15.0. The quantitative estimate of drug-likeness (QED) is 0.853. The number of ether oxygens (including phenoxy) is 1. The summed E-state index contributed by atoms with van der Waals surface area (Å²) in [6, 6.07) is 0. The Kier molecular flexibility index (Phi) is 3.27. The van der Waals surface area contributed by atoms with E-state index in [1.165, 1.54) is 7.11 Å². The first-order valence-corrected chi connectivity index (χ1v) is 7.28. The molecule has 0 saturated heterocycles. The van der Waals surface area contributed by atoms with Crippen molar-refractivity contribution in [3.05, 3.63) is 33.8 Å². The van der Waals surface area contributed by atoms with Gasteiger partial charge in [-0.1, -0.05) is 0 Å². The molecule has 0 fully saturated rings. The number of hydrogen-bond acceptors (Lipinski definition) is 5. The molecular formula is C16H19NO5. The minimum Gasteiger partial charge on any atom is -0.492 e. The summed E-state index contributed by atoms with van der Waals surface area (Å²) in [7, 11) is 1.37. The van der Waals surface area contributed by atoms with E-state index < -0.39 is 12.2 Å². The van der Waals surface area contributed by atoms with Crippen molar-refractivity contribution in [3.63, 3.8) is 0 Å². The lowest BCUT2D eigenvalue weighted by molar-refractivity contribution is -0.0435. The highest BCUT2D eigenvalue weighted by Crippen LogP contribution is 2.41. The summed E-state index contributed by atoms with van der Waals surface area (Å²) in [4.78, 5) is 25.3. The van der Waals surface area contributed by atoms with Crippen molar-refractivity contribution in [3.8, 4) is 0 Å². The number of aromatic nitrogens is 1. The summed E-state index contributed by atoms with van der Waals surface area (Å²) in [6.45, 7) is 3.37. The van der Waals surface area contributed by atoms with Gasteiger partial charge in [0.15, 0.2) is 5.76 Å². The van der Waals surface area contributed by atoms with Gasteiger partial charge in [-0.3, -0.25) is 9.59 Å². The van der Waals surface area contributed by atoms with Crippen LogP contribution in [0.4, 0.5) is 0 Å². The van der Waals surface area contributed by atoms with Crippen LogP contribution < -0.4 is 0 Å². The maximum Gasteiger partial charge on any atom is 0.230 e. The van der Waals surface area contributed by atoms with Gasteiger partial charge in [-0.05, 0) is 32.3 Å². The molecule has 0 saturated carbocycles. The fourth-order valence-corrected chi connectivity index (χ4v) is 3.70. The van der Waals surface area contributed by atoms with E-state index in [0.717, 1.165) is 0 Å². The third-order valence-corrected chi connectivity index (χ3v) is 4.71. The van der Waals surface area contributed by atoms with Gasteiger partial charge in [0, 0.05) is 12.1 Å². The van der Waals surface area contributed by atoms with Crippen LogP contribution in [0, 0.1) is 6.92 Å². The third kappa shape index (κ3) is 1.68. The summed E-state index contributed by atoms with van der Waals surface area (Å²) >= 11 is 0. The van der Waals surface area contributed by atoms with Crippen molar-refractivity contribution in [1.82, 2.24) is 4.57 Å². The number of ketones is 2. The molecule has 0 aromatic carbocycles. The summed E-state index contributed by atoms with van der Waals surface area (Å²) in [5.41, 5.74) is 0.475. The molecule has 1 atom stereocenters. The standard InChI is InChI=1S/C16H19NO5/c1-8-10-11(12(19)9(2)14(22-3)13(10)20)17-6-4-5-16(21,7-18)15(8)17/h18,21H,4-7H2,1-3H3. The van der Waals surface area contributed by atoms with Crippen LogP contribution in [0.15, 0.2) is 11.3 Å². The van der Waals surface area contributed by atoms with E-state index in [1.807, 2.05) is 0 Å². The number of aliphatic hydroxyl groups is 2. The molecule has 0 bridgehead atoms. The van der Waals surface area contributed by atoms with E-state index >= 15 is 0 Å². The molecule has 2 heterocycles. The molecule has 0 spiro atoms. The molecule has 118 valence electrons. The van der Waals surface area contributed by atoms with Crippen LogP contribution in [-0.4, -0.2) is 40.1 Å². The highest BCUT2D eigenvalue weighted by molar-refractivity contribution is 6.26. The number of rotatable bonds is 2. The molecule has 0 radical (unpaired) electrons. The maximum absolute atomic E-state index is 12.7. The zero-order valence-corrected chi connectivity index (χ0v) is 12.9. The molecule has 22 heavy (non-hydrogen) atoms. The van der Waals surface area contributed by atoms with E-state index in [9.17, 15) is 19.8 Å². The van der Waals surface area contributed by atoms with Gasteiger partial charge in [0.25, 0.3) is 0 Å². The second-order valence-electron chi connectivity index (χ2n) is 5.96. The molecule has 6 heteroatoms. The van der Waals surface area contributed by atoms with E-state index in [2.05, 4.69) is 0 Å². The minimum atomic E-state index is -1.42. The van der Waals surface area contributed by atoms with Crippen LogP contribution >= 0.6 is 0 Å². The third-order valence-electron chi connectivity index (χ3n) is 4.71. The van der Waals surface area contributed by atoms with Crippen molar-refractivity contribution in [1.29, 1.82) is 0 Å². The summed E-state index contributed by atoms with van der Waals surface area (Å²) < 4.78 is 6.79. The zero-order chi connectivity index (χ0) is 16.2. The number of methoxy groups -OCH3 is 1. The largest absolute Gasteiger partial charge is 0.492 e. The number of hydrogen-bond donors (Lipinski definition) is 2. The predicted molar refractivity (Wildman–Crippen MR) is 77.8 cm³/mol. The average Bonchev–Trinajstić information content (AvgIpc) is 2.80. The minimum absolute atomic E-state index is 0.0519. The normalized spacial score (nSPS) is 24.4. The van der Waals surface area contributed by atoms with Gasteiger partial charge < -0.3 is 19.5 Å². The second kappa shape index (κ2) is 4.79. The molecule has 3 rings (SSSR count). The second-order valence-corrected chi connectivity index (χ2v) is 5.96. The van der Waals surface area contributed by atoms with Gasteiger partial charge in [0.2, 0.25) is 11.6 Å². The number of nitrogens with zero attached hydrogens (tertiary/aromatic N) is 1. The van der Waals surface area contributed by atoms with Crippen molar-refractivity contribution in [2.75, 3.05) is 13.7 Å². The van der Waals surface area contributed by atoms with E-state index in [0.29, 0.717) is 36.3 Å². The zero-order valence-electron chi connectivity index (χ0n) is 12.9.